The third-order valence-electron chi connectivity index (χ3n) is 4.33. The van der Waals surface area contributed by atoms with Crippen molar-refractivity contribution in [2.24, 2.45) is 0 Å². The molecule has 0 aromatic heterocycles. The Kier molecular flexibility index (Phi) is 3.93. The summed E-state index contributed by atoms with van der Waals surface area (Å²) in [4.78, 5) is 0. The Hall–Kier alpha value is -0.440. The van der Waals surface area contributed by atoms with Crippen LogP contribution in [0.5, 0.6) is 0 Å². The van der Waals surface area contributed by atoms with Gasteiger partial charge in [-0.2, -0.15) is 0 Å². The second-order valence-corrected chi connectivity index (χ2v) is 6.44. The number of nitrogens with one attached hydrogen (secondary N) is 1. The van der Waals surface area contributed by atoms with Gasteiger partial charge in [0, 0.05) is 6.54 Å². The van der Waals surface area contributed by atoms with Gasteiger partial charge in [-0.15, -0.1) is 0 Å². The van der Waals surface area contributed by atoms with Crippen molar-refractivity contribution in [3.05, 3.63) is 28.2 Å². The number of halogens is 2. The van der Waals surface area contributed by atoms with Gasteiger partial charge in [-0.25, -0.2) is 0 Å². The first-order valence-electron chi connectivity index (χ1n) is 7.04. The SMILES string of the molecule is Clc1cccc(NCC2CCC3(CCCC3)O2)c1Cl. The van der Waals surface area contributed by atoms with Crippen molar-refractivity contribution < 1.29 is 4.74 Å². The molecule has 0 radical (unpaired) electrons. The second kappa shape index (κ2) is 5.51. The molecule has 0 bridgehead atoms. The van der Waals surface area contributed by atoms with Gasteiger partial charge in [0.1, 0.15) is 0 Å². The van der Waals surface area contributed by atoms with Crippen LogP contribution in [-0.2, 0) is 4.74 Å². The van der Waals surface area contributed by atoms with E-state index in [0.717, 1.165) is 18.7 Å². The third-order valence-corrected chi connectivity index (χ3v) is 5.14. The van der Waals surface area contributed by atoms with Crippen molar-refractivity contribution >= 4 is 28.9 Å². The maximum Gasteiger partial charge on any atom is 0.0823 e. The Balaban J connectivity index is 1.57. The van der Waals surface area contributed by atoms with Gasteiger partial charge in [-0.3, -0.25) is 0 Å². The molecule has 1 unspecified atom stereocenters. The van der Waals surface area contributed by atoms with Crippen molar-refractivity contribution in [3.63, 3.8) is 0 Å². The van der Waals surface area contributed by atoms with Crippen molar-refractivity contribution in [3.8, 4) is 0 Å². The van der Waals surface area contributed by atoms with Crippen LogP contribution in [0.15, 0.2) is 18.2 Å². The first kappa shape index (κ1) is 13.5. The van der Waals surface area contributed by atoms with Crippen LogP contribution < -0.4 is 5.32 Å². The molecule has 2 nitrogen and oxygen atoms in total. The van der Waals surface area contributed by atoms with Crippen molar-refractivity contribution in [2.45, 2.75) is 50.2 Å². The molecule has 1 aromatic carbocycles. The lowest BCUT2D eigenvalue weighted by atomic mass is 9.98. The van der Waals surface area contributed by atoms with Gasteiger partial charge in [-0.1, -0.05) is 42.1 Å². The van der Waals surface area contributed by atoms with Gasteiger partial charge in [-0.05, 0) is 37.8 Å². The maximum absolute atomic E-state index is 6.26. The van der Waals surface area contributed by atoms with Crippen LogP contribution in [0, 0.1) is 0 Å². The van der Waals surface area contributed by atoms with E-state index in [4.69, 9.17) is 27.9 Å². The summed E-state index contributed by atoms with van der Waals surface area (Å²) >= 11 is 12.2. The van der Waals surface area contributed by atoms with Crippen molar-refractivity contribution in [1.82, 2.24) is 0 Å². The maximum atomic E-state index is 6.26. The third kappa shape index (κ3) is 2.86. The standard InChI is InChI=1S/C15H19Cl2NO/c16-12-4-3-5-13(14(12)17)18-10-11-6-9-15(19-11)7-1-2-8-15/h3-5,11,18H,1-2,6-10H2. The molecule has 1 aliphatic heterocycles. The summed E-state index contributed by atoms with van der Waals surface area (Å²) in [5.74, 6) is 0. The van der Waals surface area contributed by atoms with Crippen LogP contribution in [0.1, 0.15) is 38.5 Å². The van der Waals surface area contributed by atoms with E-state index in [1.165, 1.54) is 32.1 Å². The van der Waals surface area contributed by atoms with Gasteiger partial charge < -0.3 is 10.1 Å². The molecule has 1 saturated heterocycles. The molecule has 104 valence electrons. The van der Waals surface area contributed by atoms with E-state index in [1.807, 2.05) is 12.1 Å². The van der Waals surface area contributed by atoms with Crippen LogP contribution in [0.4, 0.5) is 5.69 Å². The molecule has 4 heteroatoms. The van der Waals surface area contributed by atoms with Gasteiger partial charge >= 0.3 is 0 Å². The average molecular weight is 300 g/mol. The fraction of sp³-hybridized carbons (Fsp3) is 0.600. The number of rotatable bonds is 3. The molecule has 3 rings (SSSR count). The number of hydrogen-bond donors (Lipinski definition) is 1. The quantitative estimate of drug-likeness (QED) is 0.857. The molecule has 1 N–H and O–H groups in total. The average Bonchev–Trinajstić information content (AvgIpc) is 3.02. The van der Waals surface area contributed by atoms with Crippen LogP contribution in [0.2, 0.25) is 10.0 Å². The fourth-order valence-corrected chi connectivity index (χ4v) is 3.66. The molecule has 1 aromatic rings. The minimum atomic E-state index is 0.199. The molecular weight excluding hydrogens is 281 g/mol. The lowest BCUT2D eigenvalue weighted by Crippen LogP contribution is -2.27. The van der Waals surface area contributed by atoms with E-state index >= 15 is 0 Å². The minimum absolute atomic E-state index is 0.199. The van der Waals surface area contributed by atoms with Crippen LogP contribution in [0.25, 0.3) is 0 Å². The lowest BCUT2D eigenvalue weighted by molar-refractivity contribution is -0.0307. The summed E-state index contributed by atoms with van der Waals surface area (Å²) in [5, 5.41) is 4.54. The summed E-state index contributed by atoms with van der Waals surface area (Å²) in [5.41, 5.74) is 1.09. The Bertz CT molecular complexity index is 457. The zero-order valence-electron chi connectivity index (χ0n) is 10.9. The number of ether oxygens (including phenoxy) is 1. The molecule has 0 amide bonds. The normalized spacial score (nSPS) is 25.1. The smallest absolute Gasteiger partial charge is 0.0823 e. The predicted molar refractivity (Wildman–Crippen MR) is 80.3 cm³/mol. The predicted octanol–water partition coefficient (Wildman–Crippen LogP) is 4.90. The van der Waals surface area contributed by atoms with Crippen LogP contribution >= 0.6 is 23.2 Å². The van der Waals surface area contributed by atoms with Crippen LogP contribution in [-0.4, -0.2) is 18.2 Å². The number of benzene rings is 1. The highest BCUT2D eigenvalue weighted by Gasteiger charge is 2.41. The van der Waals surface area contributed by atoms with E-state index in [1.54, 1.807) is 6.07 Å². The largest absolute Gasteiger partial charge is 0.381 e. The van der Waals surface area contributed by atoms with E-state index in [2.05, 4.69) is 5.32 Å². The van der Waals surface area contributed by atoms with Gasteiger partial charge in [0.25, 0.3) is 0 Å². The molecule has 19 heavy (non-hydrogen) atoms. The first-order chi connectivity index (χ1) is 9.19. The molecule has 1 atom stereocenters. The molecular formula is C15H19Cl2NO. The first-order valence-corrected chi connectivity index (χ1v) is 7.80. The summed E-state index contributed by atoms with van der Waals surface area (Å²) in [6, 6.07) is 5.66. The van der Waals surface area contributed by atoms with Crippen molar-refractivity contribution in [1.29, 1.82) is 0 Å². The van der Waals surface area contributed by atoms with Gasteiger partial charge in [0.2, 0.25) is 0 Å². The molecule has 1 saturated carbocycles. The summed E-state index contributed by atoms with van der Waals surface area (Å²) < 4.78 is 6.26. The number of anilines is 1. The highest BCUT2D eigenvalue weighted by atomic mass is 35.5. The van der Waals surface area contributed by atoms with E-state index in [0.29, 0.717) is 16.1 Å². The molecule has 1 spiro atoms. The van der Waals surface area contributed by atoms with Crippen LogP contribution in [0.3, 0.4) is 0 Å². The monoisotopic (exact) mass is 299 g/mol. The Morgan fingerprint density at radius 3 is 2.79 bits per heavy atom. The lowest BCUT2D eigenvalue weighted by Gasteiger charge is -2.24. The summed E-state index contributed by atoms with van der Waals surface area (Å²) in [6.07, 6.45) is 7.77. The van der Waals surface area contributed by atoms with Gasteiger partial charge in [0.15, 0.2) is 0 Å². The minimum Gasteiger partial charge on any atom is -0.381 e. The number of hydrogen-bond acceptors (Lipinski definition) is 2. The van der Waals surface area contributed by atoms with Crippen molar-refractivity contribution in [2.75, 3.05) is 11.9 Å². The highest BCUT2D eigenvalue weighted by molar-refractivity contribution is 6.43. The Morgan fingerprint density at radius 2 is 2.00 bits per heavy atom. The fourth-order valence-electron chi connectivity index (χ4n) is 3.29. The molecule has 1 aliphatic carbocycles. The summed E-state index contributed by atoms with van der Waals surface area (Å²) in [7, 11) is 0. The Morgan fingerprint density at radius 1 is 1.21 bits per heavy atom. The Labute approximate surface area is 124 Å². The highest BCUT2D eigenvalue weighted by Crippen LogP contribution is 2.43. The van der Waals surface area contributed by atoms with E-state index in [-0.39, 0.29) is 5.60 Å². The molecule has 1 heterocycles. The zero-order valence-corrected chi connectivity index (χ0v) is 12.4. The van der Waals surface area contributed by atoms with E-state index < -0.39 is 0 Å². The van der Waals surface area contributed by atoms with E-state index in [9.17, 15) is 0 Å². The molecule has 2 aliphatic rings. The molecule has 2 fully saturated rings. The second-order valence-electron chi connectivity index (χ2n) is 5.65. The topological polar surface area (TPSA) is 21.3 Å². The zero-order chi connectivity index (χ0) is 13.3. The summed E-state index contributed by atoms with van der Waals surface area (Å²) in [6.45, 7) is 0.807. The van der Waals surface area contributed by atoms with Gasteiger partial charge in [0.05, 0.1) is 27.4 Å².